The second-order valence-electron chi connectivity index (χ2n) is 2.83. The minimum atomic E-state index is 0. The molecule has 1 fully saturated rings. The summed E-state index contributed by atoms with van der Waals surface area (Å²) in [5, 5.41) is 7.12. The Morgan fingerprint density at radius 3 is 3.08 bits per heavy atom. The van der Waals surface area contributed by atoms with E-state index in [0.717, 1.165) is 18.9 Å². The molecule has 1 atom stereocenters. The molecule has 0 bridgehead atoms. The van der Waals surface area contributed by atoms with Crippen LogP contribution in [0.1, 0.15) is 24.6 Å². The lowest BCUT2D eigenvalue weighted by atomic mass is 9.99. The fraction of sp³-hybridized carbons (Fsp3) is 0.714. The molecule has 1 aromatic rings. The number of hydrogen-bond donors (Lipinski definition) is 1. The van der Waals surface area contributed by atoms with Crippen LogP contribution in [0.25, 0.3) is 0 Å². The predicted molar refractivity (Wildman–Crippen MR) is 46.4 cm³/mol. The molecule has 1 aromatic heterocycles. The Labute approximate surface area is 77.1 Å². The van der Waals surface area contributed by atoms with Crippen molar-refractivity contribution >= 4 is 12.4 Å². The lowest BCUT2D eigenvalue weighted by molar-refractivity contribution is 0.386. The van der Waals surface area contributed by atoms with Gasteiger partial charge in [-0.25, -0.2) is 0 Å². The maximum Gasteiger partial charge on any atom is 0.213 e. The van der Waals surface area contributed by atoms with Gasteiger partial charge in [-0.3, -0.25) is 0 Å². The van der Waals surface area contributed by atoms with Gasteiger partial charge in [-0.15, -0.1) is 12.4 Å². The molecule has 2 heterocycles. The number of rotatable bonds is 1. The van der Waals surface area contributed by atoms with Crippen LogP contribution in [0.2, 0.25) is 0 Å². The fourth-order valence-corrected chi connectivity index (χ4v) is 1.43. The molecule has 0 aliphatic carbocycles. The zero-order valence-corrected chi connectivity index (χ0v) is 7.51. The quantitative estimate of drug-likeness (QED) is 0.715. The highest BCUT2D eigenvalue weighted by atomic mass is 35.5. The van der Waals surface area contributed by atoms with E-state index in [1.807, 2.05) is 0 Å². The Kier molecular flexibility index (Phi) is 3.49. The van der Waals surface area contributed by atoms with Gasteiger partial charge in [-0.1, -0.05) is 5.16 Å². The van der Waals surface area contributed by atoms with E-state index in [1.165, 1.54) is 19.2 Å². The van der Waals surface area contributed by atoms with Crippen LogP contribution in [-0.2, 0) is 0 Å². The maximum atomic E-state index is 4.68. The monoisotopic (exact) mass is 189 g/mol. The third-order valence-corrected chi connectivity index (χ3v) is 2.04. The van der Waals surface area contributed by atoms with E-state index in [4.69, 9.17) is 0 Å². The van der Waals surface area contributed by atoms with Crippen molar-refractivity contribution in [2.75, 3.05) is 13.1 Å². The summed E-state index contributed by atoms with van der Waals surface area (Å²) in [5.41, 5.74) is 0. The van der Waals surface area contributed by atoms with Gasteiger partial charge < -0.3 is 9.84 Å². The summed E-state index contributed by atoms with van der Waals surface area (Å²) in [7, 11) is 0. The molecular formula is C7H12ClN3O. The summed E-state index contributed by atoms with van der Waals surface area (Å²) < 4.78 is 4.68. The van der Waals surface area contributed by atoms with Crippen LogP contribution in [-0.4, -0.2) is 23.2 Å². The lowest BCUT2D eigenvalue weighted by Crippen LogP contribution is -2.28. The Morgan fingerprint density at radius 1 is 1.58 bits per heavy atom. The van der Waals surface area contributed by atoms with Crippen LogP contribution in [0.4, 0.5) is 0 Å². The highest BCUT2D eigenvalue weighted by Gasteiger charge is 2.18. The van der Waals surface area contributed by atoms with Gasteiger partial charge in [0.1, 0.15) is 0 Å². The third kappa shape index (κ3) is 1.95. The van der Waals surface area contributed by atoms with Crippen LogP contribution in [0, 0.1) is 0 Å². The van der Waals surface area contributed by atoms with Crippen molar-refractivity contribution in [1.82, 2.24) is 15.5 Å². The van der Waals surface area contributed by atoms with Gasteiger partial charge in [0, 0.05) is 12.5 Å². The molecule has 0 saturated carbocycles. The molecular weight excluding hydrogens is 178 g/mol. The van der Waals surface area contributed by atoms with Gasteiger partial charge in [-0.05, 0) is 19.4 Å². The van der Waals surface area contributed by atoms with E-state index in [1.54, 1.807) is 0 Å². The van der Waals surface area contributed by atoms with E-state index in [-0.39, 0.29) is 12.4 Å². The molecule has 12 heavy (non-hydrogen) atoms. The molecule has 5 heteroatoms. The van der Waals surface area contributed by atoms with Crippen molar-refractivity contribution < 1.29 is 4.52 Å². The van der Waals surface area contributed by atoms with Gasteiger partial charge in [0.15, 0.2) is 5.82 Å². The molecule has 68 valence electrons. The van der Waals surface area contributed by atoms with Crippen molar-refractivity contribution in [2.24, 2.45) is 0 Å². The number of halogens is 1. The van der Waals surface area contributed by atoms with E-state index in [2.05, 4.69) is 20.0 Å². The van der Waals surface area contributed by atoms with Crippen LogP contribution >= 0.6 is 12.4 Å². The van der Waals surface area contributed by atoms with E-state index >= 15 is 0 Å². The van der Waals surface area contributed by atoms with Gasteiger partial charge >= 0.3 is 0 Å². The number of aromatic nitrogens is 2. The van der Waals surface area contributed by atoms with Crippen molar-refractivity contribution in [3.8, 4) is 0 Å². The van der Waals surface area contributed by atoms with Crippen LogP contribution in [0.15, 0.2) is 10.9 Å². The van der Waals surface area contributed by atoms with Crippen molar-refractivity contribution in [1.29, 1.82) is 0 Å². The number of nitrogens with one attached hydrogen (secondary N) is 1. The van der Waals surface area contributed by atoms with Gasteiger partial charge in [0.2, 0.25) is 6.39 Å². The molecule has 4 nitrogen and oxygen atoms in total. The second-order valence-corrected chi connectivity index (χ2v) is 2.83. The molecule has 1 unspecified atom stereocenters. The van der Waals surface area contributed by atoms with Crippen LogP contribution < -0.4 is 5.32 Å². The maximum absolute atomic E-state index is 4.68. The molecule has 0 aromatic carbocycles. The Balaban J connectivity index is 0.000000720. The third-order valence-electron chi connectivity index (χ3n) is 2.04. The number of hydrogen-bond acceptors (Lipinski definition) is 4. The SMILES string of the molecule is Cl.c1nc(C2CCCNC2)no1. The first-order chi connectivity index (χ1) is 5.47. The topological polar surface area (TPSA) is 51.0 Å². The first-order valence-electron chi connectivity index (χ1n) is 3.94. The molecule has 1 N–H and O–H groups in total. The summed E-state index contributed by atoms with van der Waals surface area (Å²) in [6, 6.07) is 0. The average Bonchev–Trinajstić information content (AvgIpc) is 2.58. The van der Waals surface area contributed by atoms with Gasteiger partial charge in [0.05, 0.1) is 0 Å². The summed E-state index contributed by atoms with van der Waals surface area (Å²) >= 11 is 0. The lowest BCUT2D eigenvalue weighted by Gasteiger charge is -2.19. The van der Waals surface area contributed by atoms with E-state index in [9.17, 15) is 0 Å². The molecule has 1 aliphatic heterocycles. The Bertz CT molecular complexity index is 208. The molecule has 1 aliphatic rings. The summed E-state index contributed by atoms with van der Waals surface area (Å²) in [5.74, 6) is 1.31. The first-order valence-corrected chi connectivity index (χ1v) is 3.94. The van der Waals surface area contributed by atoms with Crippen LogP contribution in [0.5, 0.6) is 0 Å². The standard InChI is InChI=1S/C7H11N3O.ClH/c1-2-6(4-8-3-1)7-9-5-11-10-7;/h5-6,8H,1-4H2;1H. The Hall–Kier alpha value is -0.610. The highest BCUT2D eigenvalue weighted by Crippen LogP contribution is 2.18. The minimum absolute atomic E-state index is 0. The average molecular weight is 190 g/mol. The largest absolute Gasteiger partial charge is 0.343 e. The molecule has 2 rings (SSSR count). The van der Waals surface area contributed by atoms with E-state index in [0.29, 0.717) is 5.92 Å². The molecule has 1 saturated heterocycles. The molecule has 0 amide bonds. The van der Waals surface area contributed by atoms with Crippen molar-refractivity contribution in [3.05, 3.63) is 12.2 Å². The minimum Gasteiger partial charge on any atom is -0.343 e. The van der Waals surface area contributed by atoms with Gasteiger partial charge in [0.25, 0.3) is 0 Å². The predicted octanol–water partition coefficient (Wildman–Crippen LogP) is 0.958. The van der Waals surface area contributed by atoms with Crippen molar-refractivity contribution in [3.63, 3.8) is 0 Å². The highest BCUT2D eigenvalue weighted by molar-refractivity contribution is 5.85. The first kappa shape index (κ1) is 9.48. The Morgan fingerprint density at radius 2 is 2.50 bits per heavy atom. The summed E-state index contributed by atoms with van der Waals surface area (Å²) in [6.45, 7) is 2.11. The van der Waals surface area contributed by atoms with Gasteiger partial charge in [-0.2, -0.15) is 4.98 Å². The smallest absolute Gasteiger partial charge is 0.213 e. The summed E-state index contributed by atoms with van der Waals surface area (Å²) in [6.07, 6.45) is 3.77. The fourth-order valence-electron chi connectivity index (χ4n) is 1.43. The molecule has 0 spiro atoms. The zero-order valence-electron chi connectivity index (χ0n) is 6.69. The number of nitrogens with zero attached hydrogens (tertiary/aromatic N) is 2. The number of piperidine rings is 1. The zero-order chi connectivity index (χ0) is 7.52. The molecule has 0 radical (unpaired) electrons. The normalized spacial score (nSPS) is 23.2. The summed E-state index contributed by atoms with van der Waals surface area (Å²) in [4.78, 5) is 4.02. The second kappa shape index (κ2) is 4.42. The van der Waals surface area contributed by atoms with Crippen molar-refractivity contribution in [2.45, 2.75) is 18.8 Å². The van der Waals surface area contributed by atoms with Crippen LogP contribution in [0.3, 0.4) is 0 Å². The van der Waals surface area contributed by atoms with E-state index < -0.39 is 0 Å².